The van der Waals surface area contributed by atoms with Crippen LogP contribution in [0.1, 0.15) is 22.2 Å². The van der Waals surface area contributed by atoms with Gasteiger partial charge in [0.2, 0.25) is 5.78 Å². The number of phenols is 1. The summed E-state index contributed by atoms with van der Waals surface area (Å²) in [5.74, 6) is -1.86. The van der Waals surface area contributed by atoms with Gasteiger partial charge in [-0.25, -0.2) is 0 Å². The molecule has 1 aliphatic heterocycles. The van der Waals surface area contributed by atoms with Crippen molar-refractivity contribution in [2.45, 2.75) is 6.04 Å². The van der Waals surface area contributed by atoms with Crippen LogP contribution in [0.4, 0.5) is 0 Å². The van der Waals surface area contributed by atoms with Gasteiger partial charge in [-0.05, 0) is 29.8 Å². The van der Waals surface area contributed by atoms with Gasteiger partial charge < -0.3 is 29.0 Å². The van der Waals surface area contributed by atoms with Crippen LogP contribution in [0.25, 0.3) is 11.0 Å². The number of ketones is 1. The minimum atomic E-state index is -0.930. The average Bonchev–Trinajstić information content (AvgIpc) is 3.31. The molecule has 8 nitrogen and oxygen atoms in total. The van der Waals surface area contributed by atoms with E-state index < -0.39 is 23.5 Å². The van der Waals surface area contributed by atoms with Crippen LogP contribution in [0.5, 0.6) is 11.5 Å². The van der Waals surface area contributed by atoms with E-state index in [1.54, 1.807) is 30.3 Å². The third-order valence-electron chi connectivity index (χ3n) is 5.25. The molecular formula is C23H21NO7. The minimum absolute atomic E-state index is 0.00637. The van der Waals surface area contributed by atoms with Gasteiger partial charge in [0, 0.05) is 19.0 Å². The summed E-state index contributed by atoms with van der Waals surface area (Å²) >= 11 is 0. The number of furan rings is 1. The highest BCUT2D eigenvalue weighted by molar-refractivity contribution is 6.16. The number of carbonyl (C=O) groups is 2. The van der Waals surface area contributed by atoms with E-state index in [-0.39, 0.29) is 36.0 Å². The van der Waals surface area contributed by atoms with Crippen LogP contribution in [0.15, 0.2) is 64.3 Å². The van der Waals surface area contributed by atoms with Gasteiger partial charge in [0.25, 0.3) is 5.91 Å². The Balaban J connectivity index is 1.81. The zero-order valence-electron chi connectivity index (χ0n) is 17.0. The molecule has 4 rings (SSSR count). The van der Waals surface area contributed by atoms with E-state index in [9.17, 15) is 19.8 Å². The number of benzene rings is 2. The maximum absolute atomic E-state index is 13.4. The Labute approximate surface area is 177 Å². The fourth-order valence-corrected chi connectivity index (χ4v) is 3.76. The highest BCUT2D eigenvalue weighted by Gasteiger charge is 2.44. The van der Waals surface area contributed by atoms with Crippen molar-refractivity contribution in [1.82, 2.24) is 4.90 Å². The Morgan fingerprint density at radius 2 is 1.90 bits per heavy atom. The molecule has 2 N–H and O–H groups in total. The second-order valence-electron chi connectivity index (χ2n) is 7.07. The zero-order chi connectivity index (χ0) is 22.1. The number of phenolic OH excluding ortho intramolecular Hbond substituents is 1. The van der Waals surface area contributed by atoms with E-state index in [2.05, 4.69) is 0 Å². The van der Waals surface area contributed by atoms with E-state index in [1.165, 1.54) is 31.3 Å². The van der Waals surface area contributed by atoms with Crippen molar-refractivity contribution in [3.05, 3.63) is 71.2 Å². The first-order valence-corrected chi connectivity index (χ1v) is 9.59. The molecule has 3 aromatic rings. The normalized spacial score (nSPS) is 16.4. The van der Waals surface area contributed by atoms with E-state index in [0.717, 1.165) is 5.39 Å². The Bertz CT molecular complexity index is 1160. The van der Waals surface area contributed by atoms with Gasteiger partial charge in [0.15, 0.2) is 23.0 Å². The number of ether oxygens (including phenoxy) is 2. The molecule has 2 heterocycles. The Morgan fingerprint density at radius 3 is 2.58 bits per heavy atom. The number of methoxy groups -OCH3 is 2. The largest absolute Gasteiger partial charge is 0.504 e. The predicted octanol–water partition coefficient (Wildman–Crippen LogP) is 3.37. The highest BCUT2D eigenvalue weighted by Crippen LogP contribution is 2.41. The second-order valence-corrected chi connectivity index (χ2v) is 7.07. The lowest BCUT2D eigenvalue weighted by molar-refractivity contribution is -0.130. The number of nitrogens with zero attached hydrogens (tertiary/aromatic N) is 1. The number of amides is 1. The summed E-state index contributed by atoms with van der Waals surface area (Å²) in [7, 11) is 2.91. The van der Waals surface area contributed by atoms with Crippen LogP contribution in [0.2, 0.25) is 0 Å². The molecule has 1 amide bonds. The molecule has 0 spiro atoms. The van der Waals surface area contributed by atoms with Gasteiger partial charge >= 0.3 is 0 Å². The molecular weight excluding hydrogens is 402 g/mol. The number of hydrogen-bond donors (Lipinski definition) is 2. The van der Waals surface area contributed by atoms with Crippen molar-refractivity contribution in [1.29, 1.82) is 0 Å². The summed E-state index contributed by atoms with van der Waals surface area (Å²) in [5.41, 5.74) is 0.834. The lowest BCUT2D eigenvalue weighted by Crippen LogP contribution is -2.34. The van der Waals surface area contributed by atoms with Crippen molar-refractivity contribution < 1.29 is 33.7 Å². The SMILES string of the molecule is COCCN1C(=O)C(O)=C(C(=O)c2cc3ccccc3o2)C1c1ccc(OC)c(O)c1. The number of Topliss-reactive ketones (excluding diaryl/α,β-unsaturated/α-hetero) is 1. The lowest BCUT2D eigenvalue weighted by Gasteiger charge is -2.26. The molecule has 1 aromatic heterocycles. The number of hydrogen-bond acceptors (Lipinski definition) is 7. The molecule has 1 aliphatic rings. The van der Waals surface area contributed by atoms with Gasteiger partial charge in [-0.3, -0.25) is 9.59 Å². The van der Waals surface area contributed by atoms with Crippen LogP contribution in [0, 0.1) is 0 Å². The first kappa shape index (κ1) is 20.5. The summed E-state index contributed by atoms with van der Waals surface area (Å²) in [6.45, 7) is 0.331. The van der Waals surface area contributed by atoms with Gasteiger partial charge in [-0.2, -0.15) is 0 Å². The number of rotatable bonds is 7. The first-order valence-electron chi connectivity index (χ1n) is 9.59. The molecule has 1 unspecified atom stereocenters. The molecule has 160 valence electrons. The quantitative estimate of drug-likeness (QED) is 0.561. The maximum Gasteiger partial charge on any atom is 0.290 e. The van der Waals surface area contributed by atoms with Crippen molar-refractivity contribution >= 4 is 22.7 Å². The Morgan fingerprint density at radius 1 is 1.13 bits per heavy atom. The number of aromatic hydroxyl groups is 1. The Kier molecular flexibility index (Phi) is 5.39. The van der Waals surface area contributed by atoms with E-state index in [1.807, 2.05) is 6.07 Å². The molecule has 0 fully saturated rings. The van der Waals surface area contributed by atoms with Crippen molar-refractivity contribution in [2.24, 2.45) is 0 Å². The van der Waals surface area contributed by atoms with E-state index in [4.69, 9.17) is 13.9 Å². The van der Waals surface area contributed by atoms with Crippen LogP contribution in [-0.4, -0.2) is 54.2 Å². The van der Waals surface area contributed by atoms with Crippen LogP contribution in [0.3, 0.4) is 0 Å². The van der Waals surface area contributed by atoms with E-state index >= 15 is 0 Å². The lowest BCUT2D eigenvalue weighted by atomic mass is 9.94. The summed E-state index contributed by atoms with van der Waals surface area (Å²) in [6, 6.07) is 12.3. The number of carbonyl (C=O) groups excluding carboxylic acids is 2. The predicted molar refractivity (Wildman–Crippen MR) is 111 cm³/mol. The first-order chi connectivity index (χ1) is 15.0. The smallest absolute Gasteiger partial charge is 0.290 e. The number of para-hydroxylation sites is 1. The van der Waals surface area contributed by atoms with Crippen LogP contribution < -0.4 is 4.74 Å². The van der Waals surface area contributed by atoms with Crippen LogP contribution in [-0.2, 0) is 9.53 Å². The fourth-order valence-electron chi connectivity index (χ4n) is 3.76. The summed E-state index contributed by atoms with van der Waals surface area (Å²) < 4.78 is 15.8. The van der Waals surface area contributed by atoms with Gasteiger partial charge in [-0.15, -0.1) is 0 Å². The molecule has 0 saturated heterocycles. The van der Waals surface area contributed by atoms with Crippen molar-refractivity contribution in [2.75, 3.05) is 27.4 Å². The van der Waals surface area contributed by atoms with Crippen molar-refractivity contribution in [3.63, 3.8) is 0 Å². The molecule has 2 aromatic carbocycles. The number of fused-ring (bicyclic) bond motifs is 1. The van der Waals surface area contributed by atoms with Crippen LogP contribution >= 0.6 is 0 Å². The average molecular weight is 423 g/mol. The third-order valence-corrected chi connectivity index (χ3v) is 5.25. The molecule has 1 atom stereocenters. The maximum atomic E-state index is 13.4. The zero-order valence-corrected chi connectivity index (χ0v) is 17.0. The molecule has 8 heteroatoms. The highest BCUT2D eigenvalue weighted by atomic mass is 16.5. The Hall–Kier alpha value is -3.78. The summed E-state index contributed by atoms with van der Waals surface area (Å²) in [6.07, 6.45) is 0. The van der Waals surface area contributed by atoms with E-state index in [0.29, 0.717) is 11.1 Å². The molecule has 0 radical (unpaired) electrons. The molecule has 0 aliphatic carbocycles. The number of aliphatic hydroxyl groups is 1. The fraction of sp³-hybridized carbons (Fsp3) is 0.217. The summed E-state index contributed by atoms with van der Waals surface area (Å²) in [5, 5.41) is 21.6. The van der Waals surface area contributed by atoms with Gasteiger partial charge in [0.05, 0.1) is 25.3 Å². The van der Waals surface area contributed by atoms with Gasteiger partial charge in [-0.1, -0.05) is 24.3 Å². The topological polar surface area (TPSA) is 109 Å². The molecule has 31 heavy (non-hydrogen) atoms. The molecule has 0 bridgehead atoms. The van der Waals surface area contributed by atoms with Crippen molar-refractivity contribution in [3.8, 4) is 11.5 Å². The third kappa shape index (κ3) is 3.51. The summed E-state index contributed by atoms with van der Waals surface area (Å²) in [4.78, 5) is 27.5. The van der Waals surface area contributed by atoms with Gasteiger partial charge in [0.1, 0.15) is 5.58 Å². The monoisotopic (exact) mass is 423 g/mol. The standard InChI is InChI=1S/C23H21NO7/c1-29-10-9-24-20(14-7-8-17(30-2)15(25)11-14)19(22(27)23(24)28)21(26)18-12-13-5-3-4-6-16(13)31-18/h3-8,11-12,20,25,27H,9-10H2,1-2H3. The molecule has 0 saturated carbocycles. The minimum Gasteiger partial charge on any atom is -0.504 e. The second kappa shape index (κ2) is 8.16. The number of aliphatic hydroxyl groups excluding tert-OH is 1.